The van der Waals surface area contributed by atoms with Crippen LogP contribution < -0.4 is 11.1 Å². The second-order valence-corrected chi connectivity index (χ2v) is 5.08. The van der Waals surface area contributed by atoms with E-state index in [-0.39, 0.29) is 17.5 Å². The fourth-order valence-electron chi connectivity index (χ4n) is 2.49. The molecule has 0 saturated heterocycles. The first-order valence-corrected chi connectivity index (χ1v) is 6.44. The molecule has 0 spiro atoms. The van der Waals surface area contributed by atoms with Gasteiger partial charge < -0.3 is 11.1 Å². The van der Waals surface area contributed by atoms with E-state index in [9.17, 15) is 9.18 Å². The number of nitrogen functional groups attached to an aromatic ring is 1. The van der Waals surface area contributed by atoms with Gasteiger partial charge in [0, 0.05) is 11.7 Å². The smallest absolute Gasteiger partial charge is 0.254 e. The van der Waals surface area contributed by atoms with E-state index in [2.05, 4.69) is 12.2 Å². The van der Waals surface area contributed by atoms with Crippen LogP contribution in [0.1, 0.15) is 43.0 Å². The number of hydrogen-bond donors (Lipinski definition) is 2. The lowest BCUT2D eigenvalue weighted by atomic mass is 9.86. The second kappa shape index (κ2) is 5.38. The maximum atomic E-state index is 13.6. The maximum absolute atomic E-state index is 13.6. The average molecular weight is 250 g/mol. The van der Waals surface area contributed by atoms with Crippen LogP contribution in [-0.4, -0.2) is 11.9 Å². The van der Waals surface area contributed by atoms with Gasteiger partial charge in [0.25, 0.3) is 5.91 Å². The van der Waals surface area contributed by atoms with Gasteiger partial charge in [-0.25, -0.2) is 4.39 Å². The molecule has 1 amide bonds. The van der Waals surface area contributed by atoms with E-state index >= 15 is 0 Å². The molecule has 0 radical (unpaired) electrons. The summed E-state index contributed by atoms with van der Waals surface area (Å²) in [6.45, 7) is 2.13. The molecular formula is C14H19FN2O. The van der Waals surface area contributed by atoms with Crippen LogP contribution in [0.25, 0.3) is 0 Å². The summed E-state index contributed by atoms with van der Waals surface area (Å²) in [5.41, 5.74) is 5.86. The predicted octanol–water partition coefficient (Wildman–Crippen LogP) is 2.72. The fourth-order valence-corrected chi connectivity index (χ4v) is 2.49. The number of carbonyl (C=O) groups is 1. The molecule has 18 heavy (non-hydrogen) atoms. The summed E-state index contributed by atoms with van der Waals surface area (Å²) in [5, 5.41) is 2.93. The topological polar surface area (TPSA) is 55.1 Å². The lowest BCUT2D eigenvalue weighted by Gasteiger charge is -2.29. The summed E-state index contributed by atoms with van der Waals surface area (Å²) < 4.78 is 13.6. The molecule has 3 N–H and O–H groups in total. The molecule has 0 aromatic heterocycles. The minimum Gasteiger partial charge on any atom is -0.399 e. The van der Waals surface area contributed by atoms with Crippen molar-refractivity contribution in [3.05, 3.63) is 29.6 Å². The minimum absolute atomic E-state index is 0.0713. The molecule has 0 heterocycles. The molecule has 98 valence electrons. The summed E-state index contributed by atoms with van der Waals surface area (Å²) in [5.74, 6) is -0.443. The summed E-state index contributed by atoms with van der Waals surface area (Å²) in [7, 11) is 0. The highest BCUT2D eigenvalue weighted by Crippen LogP contribution is 2.24. The van der Waals surface area contributed by atoms with E-state index in [1.165, 1.54) is 18.6 Å². The number of nitrogens with one attached hydrogen (secondary N) is 1. The molecule has 1 aliphatic rings. The Kier molecular flexibility index (Phi) is 3.84. The highest BCUT2D eigenvalue weighted by molar-refractivity contribution is 5.95. The van der Waals surface area contributed by atoms with E-state index in [0.29, 0.717) is 11.6 Å². The summed E-state index contributed by atoms with van der Waals surface area (Å²) >= 11 is 0. The average Bonchev–Trinajstić information content (AvgIpc) is 2.32. The Labute approximate surface area is 107 Å². The van der Waals surface area contributed by atoms with Gasteiger partial charge in [-0.2, -0.15) is 0 Å². The second-order valence-electron chi connectivity index (χ2n) is 5.08. The van der Waals surface area contributed by atoms with Crippen LogP contribution in [0.15, 0.2) is 18.2 Å². The van der Waals surface area contributed by atoms with Crippen LogP contribution in [0.4, 0.5) is 10.1 Å². The summed E-state index contributed by atoms with van der Waals surface area (Å²) in [4.78, 5) is 12.0. The van der Waals surface area contributed by atoms with Crippen LogP contribution in [0.5, 0.6) is 0 Å². The van der Waals surface area contributed by atoms with Gasteiger partial charge in [-0.15, -0.1) is 0 Å². The summed E-state index contributed by atoms with van der Waals surface area (Å²) in [6, 6.07) is 4.32. The first-order chi connectivity index (χ1) is 8.58. The van der Waals surface area contributed by atoms with Gasteiger partial charge in [0.05, 0.1) is 5.56 Å². The molecule has 4 heteroatoms. The van der Waals surface area contributed by atoms with Gasteiger partial charge in [0.15, 0.2) is 0 Å². The quantitative estimate of drug-likeness (QED) is 0.793. The van der Waals surface area contributed by atoms with Crippen molar-refractivity contribution < 1.29 is 9.18 Å². The number of benzene rings is 1. The highest BCUT2D eigenvalue weighted by Gasteiger charge is 2.24. The van der Waals surface area contributed by atoms with Gasteiger partial charge in [-0.1, -0.05) is 19.8 Å². The van der Waals surface area contributed by atoms with E-state index in [1.54, 1.807) is 6.07 Å². The van der Waals surface area contributed by atoms with E-state index in [1.807, 2.05) is 0 Å². The zero-order valence-electron chi connectivity index (χ0n) is 10.6. The Morgan fingerprint density at radius 2 is 2.11 bits per heavy atom. The highest BCUT2D eigenvalue weighted by atomic mass is 19.1. The van der Waals surface area contributed by atoms with Crippen molar-refractivity contribution in [2.24, 2.45) is 5.92 Å². The number of halogens is 1. The predicted molar refractivity (Wildman–Crippen MR) is 69.7 cm³/mol. The van der Waals surface area contributed by atoms with Gasteiger partial charge in [-0.05, 0) is 37.0 Å². The Balaban J connectivity index is 2.07. The normalized spacial score (nSPS) is 23.7. The monoisotopic (exact) mass is 250 g/mol. The standard InChI is InChI=1S/C14H19FN2O/c1-9-4-2-3-5-13(9)17-14(18)11-7-6-10(16)8-12(11)15/h6-9,13H,2-5,16H2,1H3,(H,17,18). The van der Waals surface area contributed by atoms with E-state index < -0.39 is 5.82 Å². The third-order valence-corrected chi connectivity index (χ3v) is 3.67. The number of carbonyl (C=O) groups excluding carboxylic acids is 1. The maximum Gasteiger partial charge on any atom is 0.254 e. The molecule has 2 unspecified atom stereocenters. The lowest BCUT2D eigenvalue weighted by molar-refractivity contribution is 0.0906. The van der Waals surface area contributed by atoms with Gasteiger partial charge in [0.2, 0.25) is 0 Å². The Morgan fingerprint density at radius 3 is 2.78 bits per heavy atom. The van der Waals surface area contributed by atoms with Crippen LogP contribution in [0.3, 0.4) is 0 Å². The number of rotatable bonds is 2. The van der Waals surface area contributed by atoms with Crippen LogP contribution in [0.2, 0.25) is 0 Å². The molecule has 0 bridgehead atoms. The van der Waals surface area contributed by atoms with Crippen LogP contribution in [-0.2, 0) is 0 Å². The largest absolute Gasteiger partial charge is 0.399 e. The zero-order chi connectivity index (χ0) is 13.1. The van der Waals surface area contributed by atoms with E-state index in [0.717, 1.165) is 19.3 Å². The molecule has 0 aliphatic heterocycles. The molecule has 3 nitrogen and oxygen atoms in total. The molecule has 1 saturated carbocycles. The van der Waals surface area contributed by atoms with Crippen LogP contribution in [0, 0.1) is 11.7 Å². The SMILES string of the molecule is CC1CCCCC1NC(=O)c1ccc(N)cc1F. The third-order valence-electron chi connectivity index (χ3n) is 3.67. The Bertz CT molecular complexity index is 447. The molecule has 1 aliphatic carbocycles. The van der Waals surface area contributed by atoms with E-state index in [4.69, 9.17) is 5.73 Å². The van der Waals surface area contributed by atoms with Crippen molar-refractivity contribution in [2.75, 3.05) is 5.73 Å². The van der Waals surface area contributed by atoms with Gasteiger partial charge >= 0.3 is 0 Å². The minimum atomic E-state index is -0.559. The third kappa shape index (κ3) is 2.81. The molecule has 1 aromatic rings. The number of hydrogen-bond acceptors (Lipinski definition) is 2. The summed E-state index contributed by atoms with van der Waals surface area (Å²) in [6.07, 6.45) is 4.43. The van der Waals surface area contributed by atoms with Crippen molar-refractivity contribution in [3.63, 3.8) is 0 Å². The number of amides is 1. The van der Waals surface area contributed by atoms with Crippen LogP contribution >= 0.6 is 0 Å². The molecule has 2 rings (SSSR count). The van der Waals surface area contributed by atoms with Crippen molar-refractivity contribution in [1.82, 2.24) is 5.32 Å². The molecule has 2 atom stereocenters. The first kappa shape index (κ1) is 12.9. The fraction of sp³-hybridized carbons (Fsp3) is 0.500. The van der Waals surface area contributed by atoms with Crippen molar-refractivity contribution in [1.29, 1.82) is 0 Å². The molecule has 1 aromatic carbocycles. The Morgan fingerprint density at radius 1 is 1.39 bits per heavy atom. The number of nitrogens with two attached hydrogens (primary N) is 1. The Hall–Kier alpha value is -1.58. The number of anilines is 1. The van der Waals surface area contributed by atoms with Crippen molar-refractivity contribution in [3.8, 4) is 0 Å². The lowest BCUT2D eigenvalue weighted by Crippen LogP contribution is -2.41. The van der Waals surface area contributed by atoms with Crippen molar-refractivity contribution >= 4 is 11.6 Å². The zero-order valence-corrected chi connectivity index (χ0v) is 10.6. The van der Waals surface area contributed by atoms with Crippen molar-refractivity contribution in [2.45, 2.75) is 38.6 Å². The first-order valence-electron chi connectivity index (χ1n) is 6.44. The van der Waals surface area contributed by atoms with Gasteiger partial charge in [-0.3, -0.25) is 4.79 Å². The molecule has 1 fully saturated rings. The van der Waals surface area contributed by atoms with Gasteiger partial charge in [0.1, 0.15) is 5.82 Å². The molecular weight excluding hydrogens is 231 g/mol.